The Labute approximate surface area is 242 Å². The Balaban J connectivity index is 1.46. The number of rotatable bonds is 8. The number of nitrogens with zero attached hydrogens (tertiary/aromatic N) is 7. The molecule has 6 aromatic rings. The van der Waals surface area contributed by atoms with Crippen molar-refractivity contribution in [2.75, 3.05) is 10.6 Å². The van der Waals surface area contributed by atoms with Gasteiger partial charge in [0.2, 0.25) is 5.95 Å². The van der Waals surface area contributed by atoms with Crippen molar-refractivity contribution >= 4 is 45.6 Å². The smallest absolute Gasteiger partial charge is 0.277 e. The molecule has 0 bridgehead atoms. The van der Waals surface area contributed by atoms with Crippen LogP contribution < -0.4 is 21.7 Å². The standard InChI is InChI=1S/C28H23N11O4/c1-2-18(35-23-21-22(32-13-31-21)33-14-34-23)24-36-19-10-6-9-17(20(19)27(42)39(24)16-7-4-3-5-8-16)26(41)37-28-29-11-15(12-30-28)25(40)38-43/h3-14,18,43H,2H2,1H3,(H,38,40)(H,29,30,37,41)(H2,31,32,33,34,35)/t18-/m0/s1. The number of amides is 2. The molecule has 6 rings (SSSR count). The molecule has 0 fully saturated rings. The number of carbonyl (C=O) groups is 2. The van der Waals surface area contributed by atoms with Crippen LogP contribution in [0.2, 0.25) is 0 Å². The predicted molar refractivity (Wildman–Crippen MR) is 155 cm³/mol. The van der Waals surface area contributed by atoms with Crippen LogP contribution in [0, 0.1) is 0 Å². The van der Waals surface area contributed by atoms with Gasteiger partial charge in [-0.3, -0.25) is 29.5 Å². The van der Waals surface area contributed by atoms with E-state index in [2.05, 4.69) is 40.5 Å². The zero-order valence-electron chi connectivity index (χ0n) is 22.5. The van der Waals surface area contributed by atoms with Gasteiger partial charge in [-0.2, -0.15) is 0 Å². The van der Waals surface area contributed by atoms with E-state index in [4.69, 9.17) is 10.2 Å². The third-order valence-electron chi connectivity index (χ3n) is 6.68. The van der Waals surface area contributed by atoms with E-state index >= 15 is 0 Å². The van der Waals surface area contributed by atoms with Gasteiger partial charge in [0.25, 0.3) is 17.4 Å². The highest BCUT2D eigenvalue weighted by Gasteiger charge is 2.24. The summed E-state index contributed by atoms with van der Waals surface area (Å²) in [4.78, 5) is 67.8. The van der Waals surface area contributed by atoms with E-state index in [1.54, 1.807) is 36.4 Å². The lowest BCUT2D eigenvalue weighted by atomic mass is 10.1. The maximum atomic E-state index is 14.3. The fourth-order valence-corrected chi connectivity index (χ4v) is 4.63. The average molecular weight is 578 g/mol. The highest BCUT2D eigenvalue weighted by atomic mass is 16.5. The van der Waals surface area contributed by atoms with Crippen molar-refractivity contribution < 1.29 is 14.8 Å². The molecule has 0 aliphatic rings. The lowest BCUT2D eigenvalue weighted by Crippen LogP contribution is -2.30. The maximum absolute atomic E-state index is 14.3. The first kappa shape index (κ1) is 27.1. The highest BCUT2D eigenvalue weighted by Crippen LogP contribution is 2.27. The highest BCUT2D eigenvalue weighted by molar-refractivity contribution is 6.11. The largest absolute Gasteiger partial charge is 0.358 e. The number of hydrogen-bond acceptors (Lipinski definition) is 11. The number of benzene rings is 2. The van der Waals surface area contributed by atoms with E-state index in [9.17, 15) is 14.4 Å². The van der Waals surface area contributed by atoms with Gasteiger partial charge < -0.3 is 10.3 Å². The van der Waals surface area contributed by atoms with Gasteiger partial charge in [-0.25, -0.2) is 35.4 Å². The molecule has 0 saturated heterocycles. The summed E-state index contributed by atoms with van der Waals surface area (Å²) in [7, 11) is 0. The molecule has 0 unspecified atom stereocenters. The molecular weight excluding hydrogens is 554 g/mol. The number of aromatic amines is 1. The summed E-state index contributed by atoms with van der Waals surface area (Å²) in [6.07, 6.45) is 5.74. The second-order valence-corrected chi connectivity index (χ2v) is 9.26. The molecule has 15 heteroatoms. The SMILES string of the molecule is CC[C@H](Nc1ncnc2nc[nH]c12)c1nc2cccc(C(=O)Nc3ncc(C(=O)NO)cn3)c2c(=O)n1-c1ccccc1. The van der Waals surface area contributed by atoms with Crippen molar-refractivity contribution in [2.45, 2.75) is 19.4 Å². The van der Waals surface area contributed by atoms with Gasteiger partial charge in [0.1, 0.15) is 17.7 Å². The first-order valence-corrected chi connectivity index (χ1v) is 13.1. The van der Waals surface area contributed by atoms with Crippen LogP contribution in [0.25, 0.3) is 27.8 Å². The Hall–Kier alpha value is -6.09. The molecule has 0 aliphatic carbocycles. The molecule has 0 spiro atoms. The molecule has 1 atom stereocenters. The van der Waals surface area contributed by atoms with Crippen molar-refractivity contribution in [3.8, 4) is 5.69 Å². The minimum Gasteiger partial charge on any atom is -0.358 e. The quantitative estimate of drug-likeness (QED) is 0.131. The molecule has 0 saturated carbocycles. The van der Waals surface area contributed by atoms with E-state index in [1.165, 1.54) is 28.8 Å². The van der Waals surface area contributed by atoms with Gasteiger partial charge in [-0.15, -0.1) is 0 Å². The molecule has 15 nitrogen and oxygen atoms in total. The molecule has 0 radical (unpaired) electrons. The number of fused-ring (bicyclic) bond motifs is 2. The molecular formula is C28H23N11O4. The third kappa shape index (κ3) is 5.11. The van der Waals surface area contributed by atoms with Gasteiger partial charge in [-0.1, -0.05) is 31.2 Å². The molecule has 2 amide bonds. The topological polar surface area (TPSA) is 206 Å². The number of anilines is 2. The number of hydrogen-bond donors (Lipinski definition) is 5. The monoisotopic (exact) mass is 577 g/mol. The lowest BCUT2D eigenvalue weighted by Gasteiger charge is -2.22. The second-order valence-electron chi connectivity index (χ2n) is 9.26. The summed E-state index contributed by atoms with van der Waals surface area (Å²) >= 11 is 0. The first-order valence-electron chi connectivity index (χ1n) is 13.1. The molecule has 2 aromatic carbocycles. The van der Waals surface area contributed by atoms with Crippen molar-refractivity contribution in [2.24, 2.45) is 0 Å². The number of hydroxylamine groups is 1. The van der Waals surface area contributed by atoms with Crippen LogP contribution in [0.15, 0.2) is 78.4 Å². The Bertz CT molecular complexity index is 2030. The van der Waals surface area contributed by atoms with E-state index < -0.39 is 23.4 Å². The number of aromatic nitrogens is 8. The van der Waals surface area contributed by atoms with Crippen LogP contribution in [0.3, 0.4) is 0 Å². The van der Waals surface area contributed by atoms with Crippen molar-refractivity contribution in [1.82, 2.24) is 44.9 Å². The van der Waals surface area contributed by atoms with Crippen LogP contribution in [-0.4, -0.2) is 56.5 Å². The van der Waals surface area contributed by atoms with E-state index in [0.29, 0.717) is 40.4 Å². The summed E-state index contributed by atoms with van der Waals surface area (Å²) < 4.78 is 1.48. The number of H-pyrrole nitrogens is 1. The second kappa shape index (κ2) is 11.4. The third-order valence-corrected chi connectivity index (χ3v) is 6.68. The number of imidazole rings is 1. The number of nitrogens with one attached hydrogen (secondary N) is 4. The summed E-state index contributed by atoms with van der Waals surface area (Å²) in [5.74, 6) is -0.641. The zero-order chi connectivity index (χ0) is 29.9. The van der Waals surface area contributed by atoms with Crippen LogP contribution in [-0.2, 0) is 0 Å². The van der Waals surface area contributed by atoms with Crippen molar-refractivity contribution in [3.63, 3.8) is 0 Å². The zero-order valence-corrected chi connectivity index (χ0v) is 22.5. The number of carbonyl (C=O) groups excluding carboxylic acids is 2. The molecule has 43 heavy (non-hydrogen) atoms. The lowest BCUT2D eigenvalue weighted by molar-refractivity contribution is 0.0705. The van der Waals surface area contributed by atoms with E-state index in [1.807, 2.05) is 13.0 Å². The predicted octanol–water partition coefficient (Wildman–Crippen LogP) is 2.78. The first-order chi connectivity index (χ1) is 21.0. The average Bonchev–Trinajstić information content (AvgIpc) is 3.53. The van der Waals surface area contributed by atoms with Gasteiger partial charge in [-0.05, 0) is 30.7 Å². The maximum Gasteiger partial charge on any atom is 0.277 e. The van der Waals surface area contributed by atoms with Crippen LogP contribution >= 0.6 is 0 Å². The summed E-state index contributed by atoms with van der Waals surface area (Å²) in [6, 6.07) is 13.3. The molecule has 4 aromatic heterocycles. The Morgan fingerprint density at radius 1 is 0.977 bits per heavy atom. The van der Waals surface area contributed by atoms with Crippen LogP contribution in [0.5, 0.6) is 0 Å². The molecule has 0 aliphatic heterocycles. The summed E-state index contributed by atoms with van der Waals surface area (Å²) in [6.45, 7) is 1.95. The minimum absolute atomic E-state index is 0.0116. The van der Waals surface area contributed by atoms with Crippen LogP contribution in [0.4, 0.5) is 11.8 Å². The minimum atomic E-state index is -0.802. The summed E-state index contributed by atoms with van der Waals surface area (Å²) in [5, 5.41) is 14.8. The van der Waals surface area contributed by atoms with E-state index in [-0.39, 0.29) is 22.5 Å². The summed E-state index contributed by atoms with van der Waals surface area (Å²) in [5.41, 5.74) is 3.05. The fourth-order valence-electron chi connectivity index (χ4n) is 4.63. The Kier molecular flexibility index (Phi) is 7.20. The Morgan fingerprint density at radius 2 is 1.77 bits per heavy atom. The normalized spacial score (nSPS) is 11.8. The van der Waals surface area contributed by atoms with Gasteiger partial charge in [0, 0.05) is 12.4 Å². The van der Waals surface area contributed by atoms with Crippen molar-refractivity contribution in [3.05, 3.63) is 101 Å². The van der Waals surface area contributed by atoms with Gasteiger partial charge in [0.05, 0.1) is 40.1 Å². The molecule has 214 valence electrons. The Morgan fingerprint density at radius 3 is 2.51 bits per heavy atom. The van der Waals surface area contributed by atoms with Gasteiger partial charge >= 0.3 is 0 Å². The number of para-hydroxylation sites is 1. The molecule has 5 N–H and O–H groups in total. The van der Waals surface area contributed by atoms with Crippen molar-refractivity contribution in [1.29, 1.82) is 0 Å². The van der Waals surface area contributed by atoms with Gasteiger partial charge in [0.15, 0.2) is 11.5 Å². The van der Waals surface area contributed by atoms with E-state index in [0.717, 1.165) is 12.4 Å². The fraction of sp³-hybridized carbons (Fsp3) is 0.107. The van der Waals surface area contributed by atoms with Crippen LogP contribution in [0.1, 0.15) is 45.9 Å². The molecule has 4 heterocycles.